The molecule has 2 N–H and O–H groups in total. The maximum absolute atomic E-state index is 5.70. The SMILES string of the molecule is CN1CC(C2CC2N)C1. The molecule has 0 bridgehead atoms. The smallest absolute Gasteiger partial charge is 0.00746 e. The molecular formula is C7H14N2. The van der Waals surface area contributed by atoms with Gasteiger partial charge in [0.25, 0.3) is 0 Å². The van der Waals surface area contributed by atoms with Gasteiger partial charge < -0.3 is 10.6 Å². The van der Waals surface area contributed by atoms with Crippen molar-refractivity contribution < 1.29 is 0 Å². The van der Waals surface area contributed by atoms with E-state index in [9.17, 15) is 0 Å². The summed E-state index contributed by atoms with van der Waals surface area (Å²) in [6.07, 6.45) is 1.29. The van der Waals surface area contributed by atoms with Gasteiger partial charge in [-0.3, -0.25) is 0 Å². The average molecular weight is 126 g/mol. The Morgan fingerprint density at radius 3 is 2.33 bits per heavy atom. The van der Waals surface area contributed by atoms with Crippen LogP contribution in [0.1, 0.15) is 6.42 Å². The van der Waals surface area contributed by atoms with Crippen molar-refractivity contribution in [2.75, 3.05) is 20.1 Å². The van der Waals surface area contributed by atoms with E-state index in [2.05, 4.69) is 11.9 Å². The summed E-state index contributed by atoms with van der Waals surface area (Å²) in [5.41, 5.74) is 5.70. The molecular weight excluding hydrogens is 112 g/mol. The zero-order valence-corrected chi connectivity index (χ0v) is 5.88. The molecule has 2 aliphatic rings. The van der Waals surface area contributed by atoms with E-state index >= 15 is 0 Å². The topological polar surface area (TPSA) is 29.3 Å². The van der Waals surface area contributed by atoms with Crippen molar-refractivity contribution in [1.29, 1.82) is 0 Å². The van der Waals surface area contributed by atoms with E-state index in [0.29, 0.717) is 6.04 Å². The van der Waals surface area contributed by atoms with Crippen LogP contribution < -0.4 is 5.73 Å². The number of hydrogen-bond donors (Lipinski definition) is 1. The van der Waals surface area contributed by atoms with E-state index in [1.54, 1.807) is 0 Å². The molecule has 2 atom stereocenters. The van der Waals surface area contributed by atoms with Gasteiger partial charge in [-0.1, -0.05) is 0 Å². The lowest BCUT2D eigenvalue weighted by molar-refractivity contribution is 0.115. The molecule has 2 heteroatoms. The minimum atomic E-state index is 0.559. The second-order valence-electron chi connectivity index (χ2n) is 3.54. The summed E-state index contributed by atoms with van der Waals surface area (Å²) < 4.78 is 0. The normalized spacial score (nSPS) is 44.7. The summed E-state index contributed by atoms with van der Waals surface area (Å²) in [5.74, 6) is 1.84. The van der Waals surface area contributed by atoms with Crippen molar-refractivity contribution in [2.24, 2.45) is 17.6 Å². The fourth-order valence-corrected chi connectivity index (χ4v) is 1.80. The first-order valence-corrected chi connectivity index (χ1v) is 3.71. The van der Waals surface area contributed by atoms with Gasteiger partial charge in [-0.2, -0.15) is 0 Å². The van der Waals surface area contributed by atoms with Crippen LogP contribution in [0, 0.1) is 11.8 Å². The molecule has 2 unspecified atom stereocenters. The number of nitrogens with zero attached hydrogens (tertiary/aromatic N) is 1. The van der Waals surface area contributed by atoms with E-state index in [4.69, 9.17) is 5.73 Å². The van der Waals surface area contributed by atoms with Crippen molar-refractivity contribution >= 4 is 0 Å². The van der Waals surface area contributed by atoms with Gasteiger partial charge in [-0.25, -0.2) is 0 Å². The van der Waals surface area contributed by atoms with Crippen molar-refractivity contribution in [2.45, 2.75) is 12.5 Å². The highest BCUT2D eigenvalue weighted by atomic mass is 15.2. The average Bonchev–Trinajstić information content (AvgIpc) is 2.38. The van der Waals surface area contributed by atoms with Gasteiger partial charge >= 0.3 is 0 Å². The zero-order valence-electron chi connectivity index (χ0n) is 5.88. The van der Waals surface area contributed by atoms with Crippen LogP contribution >= 0.6 is 0 Å². The lowest BCUT2D eigenvalue weighted by Gasteiger charge is -2.36. The summed E-state index contributed by atoms with van der Waals surface area (Å²) in [5, 5.41) is 0. The van der Waals surface area contributed by atoms with Gasteiger partial charge in [0.1, 0.15) is 0 Å². The van der Waals surface area contributed by atoms with E-state index < -0.39 is 0 Å². The van der Waals surface area contributed by atoms with Crippen LogP contribution in [-0.4, -0.2) is 31.1 Å². The predicted molar refractivity (Wildman–Crippen MR) is 37.1 cm³/mol. The lowest BCUT2D eigenvalue weighted by atomic mass is 9.95. The fourth-order valence-electron chi connectivity index (χ4n) is 1.80. The Hall–Kier alpha value is -0.0800. The third-order valence-corrected chi connectivity index (χ3v) is 2.59. The summed E-state index contributed by atoms with van der Waals surface area (Å²) >= 11 is 0. The zero-order chi connectivity index (χ0) is 6.43. The quantitative estimate of drug-likeness (QED) is 0.531. The summed E-state index contributed by atoms with van der Waals surface area (Å²) in [6.45, 7) is 2.58. The van der Waals surface area contributed by atoms with Crippen LogP contribution in [0.2, 0.25) is 0 Å². The molecule has 1 aliphatic carbocycles. The first-order chi connectivity index (χ1) is 4.27. The number of hydrogen-bond acceptors (Lipinski definition) is 2. The van der Waals surface area contributed by atoms with Crippen LogP contribution in [0.15, 0.2) is 0 Å². The molecule has 0 spiro atoms. The third-order valence-electron chi connectivity index (χ3n) is 2.59. The van der Waals surface area contributed by atoms with Gasteiger partial charge in [0.2, 0.25) is 0 Å². The molecule has 1 saturated carbocycles. The Balaban J connectivity index is 1.78. The van der Waals surface area contributed by atoms with Crippen LogP contribution in [-0.2, 0) is 0 Å². The molecule has 1 aliphatic heterocycles. The minimum Gasteiger partial charge on any atom is -0.327 e. The van der Waals surface area contributed by atoms with Crippen LogP contribution in [0.25, 0.3) is 0 Å². The summed E-state index contributed by atoms with van der Waals surface area (Å²) in [6, 6.07) is 0.559. The molecule has 9 heavy (non-hydrogen) atoms. The Bertz CT molecular complexity index is 118. The number of likely N-dealkylation sites (tertiary alicyclic amines) is 1. The largest absolute Gasteiger partial charge is 0.327 e. The van der Waals surface area contributed by atoms with Crippen molar-refractivity contribution in [1.82, 2.24) is 4.90 Å². The second kappa shape index (κ2) is 1.70. The lowest BCUT2D eigenvalue weighted by Crippen LogP contribution is -2.45. The van der Waals surface area contributed by atoms with Gasteiger partial charge in [0.05, 0.1) is 0 Å². The highest BCUT2D eigenvalue weighted by Gasteiger charge is 2.44. The minimum absolute atomic E-state index is 0.559. The van der Waals surface area contributed by atoms with Gasteiger partial charge in [-0.05, 0) is 25.3 Å². The predicted octanol–water partition coefficient (Wildman–Crippen LogP) is -0.105. The molecule has 1 saturated heterocycles. The van der Waals surface area contributed by atoms with Crippen molar-refractivity contribution in [3.05, 3.63) is 0 Å². The van der Waals surface area contributed by atoms with E-state index in [0.717, 1.165) is 11.8 Å². The Morgan fingerprint density at radius 1 is 1.44 bits per heavy atom. The molecule has 52 valence electrons. The van der Waals surface area contributed by atoms with Gasteiger partial charge in [-0.15, -0.1) is 0 Å². The molecule has 2 fully saturated rings. The highest BCUT2D eigenvalue weighted by Crippen LogP contribution is 2.39. The maximum atomic E-state index is 5.70. The maximum Gasteiger partial charge on any atom is 0.00746 e. The Morgan fingerprint density at radius 2 is 2.00 bits per heavy atom. The molecule has 2 nitrogen and oxygen atoms in total. The monoisotopic (exact) mass is 126 g/mol. The van der Waals surface area contributed by atoms with Crippen LogP contribution in [0.3, 0.4) is 0 Å². The Labute approximate surface area is 56.0 Å². The molecule has 0 aromatic rings. The number of rotatable bonds is 1. The Kier molecular flexibility index (Phi) is 1.08. The third kappa shape index (κ3) is 0.864. The van der Waals surface area contributed by atoms with Gasteiger partial charge in [0, 0.05) is 19.1 Å². The molecule has 1 heterocycles. The van der Waals surface area contributed by atoms with E-state index in [1.807, 2.05) is 0 Å². The summed E-state index contributed by atoms with van der Waals surface area (Å²) in [7, 11) is 2.17. The van der Waals surface area contributed by atoms with Crippen molar-refractivity contribution in [3.63, 3.8) is 0 Å². The highest BCUT2D eigenvalue weighted by molar-refractivity contribution is 4.99. The van der Waals surface area contributed by atoms with E-state index in [1.165, 1.54) is 19.5 Å². The summed E-state index contributed by atoms with van der Waals surface area (Å²) in [4.78, 5) is 2.36. The molecule has 0 amide bonds. The fraction of sp³-hybridized carbons (Fsp3) is 1.00. The van der Waals surface area contributed by atoms with Crippen molar-refractivity contribution in [3.8, 4) is 0 Å². The van der Waals surface area contributed by atoms with Crippen LogP contribution in [0.5, 0.6) is 0 Å². The first kappa shape index (κ1) is 5.69. The van der Waals surface area contributed by atoms with Gasteiger partial charge in [0.15, 0.2) is 0 Å². The standard InChI is InChI=1S/C7H14N2/c1-9-3-5(4-9)6-2-7(6)8/h5-7H,2-4,8H2,1H3. The second-order valence-corrected chi connectivity index (χ2v) is 3.54. The molecule has 2 rings (SSSR count). The van der Waals surface area contributed by atoms with Crippen LogP contribution in [0.4, 0.5) is 0 Å². The molecule has 0 aromatic carbocycles. The molecule has 0 radical (unpaired) electrons. The first-order valence-electron chi connectivity index (χ1n) is 3.71. The molecule has 0 aromatic heterocycles. The van der Waals surface area contributed by atoms with E-state index in [-0.39, 0.29) is 0 Å². The number of nitrogens with two attached hydrogens (primary N) is 1.